The van der Waals surface area contributed by atoms with E-state index in [9.17, 15) is 13.2 Å². The highest BCUT2D eigenvalue weighted by molar-refractivity contribution is 6.33. The van der Waals surface area contributed by atoms with E-state index >= 15 is 0 Å². The van der Waals surface area contributed by atoms with Crippen molar-refractivity contribution in [2.75, 3.05) is 12.4 Å². The lowest BCUT2D eigenvalue weighted by Gasteiger charge is -2.21. The molecule has 0 aliphatic rings. The number of alkyl halides is 3. The quantitative estimate of drug-likeness (QED) is 0.679. The molecule has 0 saturated carbocycles. The third-order valence-corrected chi connectivity index (χ3v) is 4.28. The van der Waals surface area contributed by atoms with Crippen molar-refractivity contribution in [1.82, 2.24) is 14.5 Å². The first-order chi connectivity index (χ1) is 12.8. The lowest BCUT2D eigenvalue weighted by Crippen LogP contribution is -2.18. The van der Waals surface area contributed by atoms with Crippen LogP contribution in [-0.2, 0) is 13.2 Å². The van der Waals surface area contributed by atoms with E-state index in [0.717, 1.165) is 17.8 Å². The van der Waals surface area contributed by atoms with Crippen LogP contribution in [0.4, 0.5) is 19.0 Å². The van der Waals surface area contributed by atoms with Gasteiger partial charge in [0.2, 0.25) is 0 Å². The summed E-state index contributed by atoms with van der Waals surface area (Å²) >= 11 is 6.05. The molecule has 1 N–H and O–H groups in total. The van der Waals surface area contributed by atoms with Gasteiger partial charge < -0.3 is 14.6 Å². The van der Waals surface area contributed by atoms with Crippen molar-refractivity contribution < 1.29 is 17.9 Å². The fourth-order valence-electron chi connectivity index (χ4n) is 2.61. The Morgan fingerprint density at radius 3 is 2.59 bits per heavy atom. The van der Waals surface area contributed by atoms with Crippen LogP contribution >= 0.6 is 11.6 Å². The SMILES string of the molecule is COc1cccc(C(Nc2ncc(C(F)(F)F)cc2Cl)c2nccn2C)c1. The van der Waals surface area contributed by atoms with Gasteiger partial charge in [0, 0.05) is 25.6 Å². The number of methoxy groups -OCH3 is 1. The number of ether oxygens (including phenoxy) is 1. The summed E-state index contributed by atoms with van der Waals surface area (Å²) in [7, 11) is 3.37. The average Bonchev–Trinajstić information content (AvgIpc) is 3.05. The van der Waals surface area contributed by atoms with Gasteiger partial charge in [0.15, 0.2) is 0 Å². The summed E-state index contributed by atoms with van der Waals surface area (Å²) in [6, 6.07) is 7.62. The number of rotatable bonds is 5. The van der Waals surface area contributed by atoms with E-state index in [1.165, 1.54) is 0 Å². The highest BCUT2D eigenvalue weighted by Crippen LogP contribution is 2.34. The second-order valence-electron chi connectivity index (χ2n) is 5.80. The number of hydrogen-bond acceptors (Lipinski definition) is 4. The third kappa shape index (κ3) is 4.16. The smallest absolute Gasteiger partial charge is 0.417 e. The molecule has 9 heteroatoms. The molecule has 5 nitrogen and oxygen atoms in total. The topological polar surface area (TPSA) is 52.0 Å². The molecule has 0 bridgehead atoms. The minimum absolute atomic E-state index is 0.125. The van der Waals surface area contributed by atoms with Gasteiger partial charge in [-0.05, 0) is 23.8 Å². The van der Waals surface area contributed by atoms with Crippen LogP contribution in [0.1, 0.15) is 23.0 Å². The lowest BCUT2D eigenvalue weighted by atomic mass is 10.1. The molecule has 0 amide bonds. The second kappa shape index (κ2) is 7.48. The van der Waals surface area contributed by atoms with E-state index in [1.807, 2.05) is 25.2 Å². The van der Waals surface area contributed by atoms with E-state index in [4.69, 9.17) is 16.3 Å². The summed E-state index contributed by atoms with van der Waals surface area (Å²) in [5, 5.41) is 2.96. The zero-order valence-corrected chi connectivity index (χ0v) is 15.2. The zero-order valence-electron chi connectivity index (χ0n) is 14.5. The van der Waals surface area contributed by atoms with Gasteiger partial charge >= 0.3 is 6.18 Å². The van der Waals surface area contributed by atoms with E-state index in [1.54, 1.807) is 30.1 Å². The molecule has 2 heterocycles. The monoisotopic (exact) mass is 396 g/mol. The molecular formula is C18H16ClF3N4O. The molecule has 1 aromatic carbocycles. The van der Waals surface area contributed by atoms with Crippen molar-refractivity contribution in [2.45, 2.75) is 12.2 Å². The Balaban J connectivity index is 2.01. The summed E-state index contributed by atoms with van der Waals surface area (Å²) in [6.07, 6.45) is -0.367. The third-order valence-electron chi connectivity index (χ3n) is 3.99. The predicted molar refractivity (Wildman–Crippen MR) is 95.9 cm³/mol. The molecule has 2 aromatic heterocycles. The number of nitrogens with zero attached hydrogens (tertiary/aromatic N) is 3. The van der Waals surface area contributed by atoms with Crippen LogP contribution in [0.3, 0.4) is 0 Å². The minimum Gasteiger partial charge on any atom is -0.497 e. The van der Waals surface area contributed by atoms with Crippen molar-refractivity contribution in [1.29, 1.82) is 0 Å². The number of hydrogen-bond donors (Lipinski definition) is 1. The van der Waals surface area contributed by atoms with Gasteiger partial charge in [-0.3, -0.25) is 0 Å². The molecule has 1 atom stereocenters. The van der Waals surface area contributed by atoms with Gasteiger partial charge in [-0.1, -0.05) is 23.7 Å². The van der Waals surface area contributed by atoms with Crippen molar-refractivity contribution >= 4 is 17.4 Å². The van der Waals surface area contributed by atoms with Gasteiger partial charge in [-0.2, -0.15) is 13.2 Å². The van der Waals surface area contributed by atoms with Gasteiger partial charge in [0.25, 0.3) is 0 Å². The average molecular weight is 397 g/mol. The number of imidazole rings is 1. The predicted octanol–water partition coefficient (Wildman–Crippen LogP) is 4.70. The van der Waals surface area contributed by atoms with Crippen LogP contribution < -0.4 is 10.1 Å². The number of aryl methyl sites for hydroxylation is 1. The molecule has 142 valence electrons. The Morgan fingerprint density at radius 1 is 1.22 bits per heavy atom. The number of anilines is 1. The molecule has 27 heavy (non-hydrogen) atoms. The van der Waals surface area contributed by atoms with Crippen molar-refractivity contribution in [3.05, 3.63) is 70.9 Å². The fourth-order valence-corrected chi connectivity index (χ4v) is 2.83. The molecule has 3 rings (SSSR count). The standard InChI is InChI=1S/C18H16ClF3N4O/c1-26-7-6-23-17(26)15(11-4-3-5-13(8-11)27-2)25-16-14(19)9-12(10-24-16)18(20,21)22/h3-10,15H,1-2H3,(H,24,25). The van der Waals surface area contributed by atoms with Gasteiger partial charge in [-0.15, -0.1) is 0 Å². The molecule has 0 saturated heterocycles. The molecule has 0 spiro atoms. The van der Waals surface area contributed by atoms with E-state index in [-0.39, 0.29) is 10.8 Å². The summed E-state index contributed by atoms with van der Waals surface area (Å²) < 4.78 is 45.6. The fraction of sp³-hybridized carbons (Fsp3) is 0.222. The molecule has 0 aliphatic carbocycles. The van der Waals surface area contributed by atoms with Crippen LogP contribution in [0.15, 0.2) is 48.9 Å². The number of pyridine rings is 1. The first-order valence-electron chi connectivity index (χ1n) is 7.90. The first kappa shape index (κ1) is 19.0. The van der Waals surface area contributed by atoms with Crippen LogP contribution in [0.5, 0.6) is 5.75 Å². The summed E-state index contributed by atoms with van der Waals surface area (Å²) in [6.45, 7) is 0. The van der Waals surface area contributed by atoms with Crippen molar-refractivity contribution in [3.8, 4) is 5.75 Å². The van der Waals surface area contributed by atoms with Gasteiger partial charge in [0.05, 0.1) is 17.7 Å². The summed E-state index contributed by atoms with van der Waals surface area (Å²) in [5.41, 5.74) is -0.116. The highest BCUT2D eigenvalue weighted by atomic mass is 35.5. The Labute approximate surface area is 158 Å². The van der Waals surface area contributed by atoms with E-state index in [2.05, 4.69) is 15.3 Å². The lowest BCUT2D eigenvalue weighted by molar-refractivity contribution is -0.137. The van der Waals surface area contributed by atoms with Crippen LogP contribution in [0.25, 0.3) is 0 Å². The Kier molecular flexibility index (Phi) is 5.27. The Hall–Kier alpha value is -2.74. The largest absolute Gasteiger partial charge is 0.497 e. The van der Waals surface area contributed by atoms with E-state index < -0.39 is 17.8 Å². The molecule has 0 fully saturated rings. The van der Waals surface area contributed by atoms with Gasteiger partial charge in [0.1, 0.15) is 23.4 Å². The number of halogens is 4. The van der Waals surface area contributed by atoms with Gasteiger partial charge in [-0.25, -0.2) is 9.97 Å². The minimum atomic E-state index is -4.51. The van der Waals surface area contributed by atoms with Crippen LogP contribution in [0.2, 0.25) is 5.02 Å². The second-order valence-corrected chi connectivity index (χ2v) is 6.21. The Bertz CT molecular complexity index is 942. The number of benzene rings is 1. The highest BCUT2D eigenvalue weighted by Gasteiger charge is 2.32. The first-order valence-corrected chi connectivity index (χ1v) is 8.28. The molecule has 3 aromatic rings. The molecule has 1 unspecified atom stereocenters. The van der Waals surface area contributed by atoms with E-state index in [0.29, 0.717) is 11.6 Å². The van der Waals surface area contributed by atoms with Crippen molar-refractivity contribution in [3.63, 3.8) is 0 Å². The molecule has 0 aliphatic heterocycles. The maximum atomic E-state index is 12.8. The summed E-state index contributed by atoms with van der Waals surface area (Å²) in [4.78, 5) is 8.20. The zero-order chi connectivity index (χ0) is 19.6. The van der Waals surface area contributed by atoms with Crippen LogP contribution in [0, 0.1) is 0 Å². The Morgan fingerprint density at radius 2 is 2.00 bits per heavy atom. The molecular weight excluding hydrogens is 381 g/mol. The number of nitrogens with one attached hydrogen (secondary N) is 1. The van der Waals surface area contributed by atoms with Crippen molar-refractivity contribution in [2.24, 2.45) is 7.05 Å². The summed E-state index contributed by atoms with van der Waals surface area (Å²) in [5.74, 6) is 1.40. The molecule has 0 radical (unpaired) electrons. The maximum absolute atomic E-state index is 12.8. The van der Waals surface area contributed by atoms with Crippen LogP contribution in [-0.4, -0.2) is 21.6 Å². The maximum Gasteiger partial charge on any atom is 0.417 e. The normalized spacial score (nSPS) is 12.7. The number of aromatic nitrogens is 3.